The fraction of sp³-hybridized carbons (Fsp3) is 0.697. The molecule has 3 heteroatoms. The van der Waals surface area contributed by atoms with Crippen molar-refractivity contribution in [2.75, 3.05) is 13.2 Å². The first-order chi connectivity index (χ1) is 16.9. The van der Waals surface area contributed by atoms with Crippen LogP contribution in [0.15, 0.2) is 30.4 Å². The second-order valence-corrected chi connectivity index (χ2v) is 12.5. The Kier molecular flexibility index (Phi) is 12.1. The smallest absolute Gasteiger partial charge is 0.143 e. The molecule has 0 heterocycles. The third-order valence-corrected chi connectivity index (χ3v) is 7.72. The molecule has 1 saturated carbocycles. The van der Waals surface area contributed by atoms with E-state index >= 15 is 0 Å². The molecule has 3 nitrogen and oxygen atoms in total. The molecule has 1 aliphatic rings. The quantitative estimate of drug-likeness (QED) is 0.243. The maximum atomic E-state index is 14.0. The maximum absolute atomic E-state index is 14.0. The summed E-state index contributed by atoms with van der Waals surface area (Å²) in [5, 5.41) is 0. The number of benzene rings is 1. The van der Waals surface area contributed by atoms with E-state index in [1.54, 1.807) is 0 Å². The van der Waals surface area contributed by atoms with Gasteiger partial charge in [0.05, 0.1) is 0 Å². The van der Waals surface area contributed by atoms with Crippen molar-refractivity contribution < 1.29 is 14.3 Å². The van der Waals surface area contributed by atoms with Crippen LogP contribution in [-0.2, 0) is 14.3 Å². The Morgan fingerprint density at radius 1 is 1.00 bits per heavy atom. The van der Waals surface area contributed by atoms with Crippen LogP contribution in [-0.4, -0.2) is 24.8 Å². The van der Waals surface area contributed by atoms with Gasteiger partial charge in [0.1, 0.15) is 11.6 Å². The van der Waals surface area contributed by atoms with Crippen molar-refractivity contribution in [3.05, 3.63) is 47.0 Å². The summed E-state index contributed by atoms with van der Waals surface area (Å²) in [5.74, 6) is 1.91. The molecule has 2 rings (SSSR count). The highest BCUT2D eigenvalue weighted by Crippen LogP contribution is 2.39. The SMILES string of the molecule is C=C1CC(C(=O)C[C@@H](COCC)CC(C)C)C[C@@H](C(=O)C(CC(C)C)c2ccc(C(C)C)c(C)c2)C1. The first-order valence-electron chi connectivity index (χ1n) is 14.3. The molecule has 0 N–H and O–H groups in total. The van der Waals surface area contributed by atoms with E-state index in [0.29, 0.717) is 56.0 Å². The van der Waals surface area contributed by atoms with Crippen molar-refractivity contribution in [2.45, 2.75) is 106 Å². The van der Waals surface area contributed by atoms with E-state index in [4.69, 9.17) is 4.74 Å². The minimum Gasteiger partial charge on any atom is -0.381 e. The molecule has 0 bridgehead atoms. The van der Waals surface area contributed by atoms with Gasteiger partial charge in [0.2, 0.25) is 0 Å². The molecule has 0 spiro atoms. The van der Waals surface area contributed by atoms with Crippen molar-refractivity contribution in [3.8, 4) is 0 Å². The number of aryl methyl sites for hydroxylation is 1. The molecule has 1 fully saturated rings. The fourth-order valence-electron chi connectivity index (χ4n) is 6.10. The van der Waals surface area contributed by atoms with Crippen LogP contribution < -0.4 is 0 Å². The largest absolute Gasteiger partial charge is 0.381 e. The molecule has 0 amide bonds. The summed E-state index contributed by atoms with van der Waals surface area (Å²) in [6.45, 7) is 22.9. The number of ketones is 2. The number of Topliss-reactive ketones (excluding diaryl/α,β-unsaturated/α-hetero) is 2. The molecule has 0 aliphatic heterocycles. The monoisotopic (exact) mass is 496 g/mol. The van der Waals surface area contributed by atoms with Crippen LogP contribution in [0.3, 0.4) is 0 Å². The third kappa shape index (κ3) is 8.98. The molecule has 2 unspecified atom stereocenters. The Bertz CT molecular complexity index is 879. The van der Waals surface area contributed by atoms with Crippen LogP contribution in [0.4, 0.5) is 0 Å². The summed E-state index contributed by atoms with van der Waals surface area (Å²) >= 11 is 0. The molecule has 1 aromatic carbocycles. The second-order valence-electron chi connectivity index (χ2n) is 12.5. The van der Waals surface area contributed by atoms with Crippen molar-refractivity contribution in [2.24, 2.45) is 29.6 Å². The molecule has 202 valence electrons. The average molecular weight is 497 g/mol. The lowest BCUT2D eigenvalue weighted by molar-refractivity contribution is -0.129. The third-order valence-electron chi connectivity index (χ3n) is 7.72. The van der Waals surface area contributed by atoms with Gasteiger partial charge < -0.3 is 4.74 Å². The molecule has 0 aromatic heterocycles. The molecule has 1 aromatic rings. The normalized spacial score (nSPS) is 20.2. The minimum atomic E-state index is -0.122. The highest BCUT2D eigenvalue weighted by molar-refractivity contribution is 5.90. The van der Waals surface area contributed by atoms with E-state index in [2.05, 4.69) is 73.2 Å². The zero-order valence-electron chi connectivity index (χ0n) is 24.4. The van der Waals surface area contributed by atoms with Gasteiger partial charge in [0.25, 0.3) is 0 Å². The first-order valence-corrected chi connectivity index (χ1v) is 14.3. The van der Waals surface area contributed by atoms with Crippen molar-refractivity contribution in [3.63, 3.8) is 0 Å². The van der Waals surface area contributed by atoms with Crippen LogP contribution in [0.1, 0.15) is 116 Å². The van der Waals surface area contributed by atoms with Gasteiger partial charge in [-0.05, 0) is 86.3 Å². The van der Waals surface area contributed by atoms with Crippen LogP contribution in [0.25, 0.3) is 0 Å². The standard InChI is InChI=1S/C33H52O3/c1-10-36-20-26(13-21(2)3)18-32(34)28-15-24(8)16-29(19-28)33(35)31(14-22(4)5)27-11-12-30(23(6)7)25(9)17-27/h11-12,17,21-23,26,28-29,31H,8,10,13-16,18-20H2,1-7,9H3/t26-,28?,29-,31?/m0/s1. The summed E-state index contributed by atoms with van der Waals surface area (Å²) in [4.78, 5) is 27.4. The van der Waals surface area contributed by atoms with Gasteiger partial charge in [-0.25, -0.2) is 0 Å². The Morgan fingerprint density at radius 3 is 2.19 bits per heavy atom. The molecular formula is C33H52O3. The average Bonchev–Trinajstić information content (AvgIpc) is 2.79. The Labute approximate surface area is 221 Å². The lowest BCUT2D eigenvalue weighted by atomic mass is 9.70. The highest BCUT2D eigenvalue weighted by Gasteiger charge is 2.37. The molecule has 4 atom stereocenters. The van der Waals surface area contributed by atoms with Crippen LogP contribution in [0.2, 0.25) is 0 Å². The predicted molar refractivity (Wildman–Crippen MR) is 152 cm³/mol. The molecule has 36 heavy (non-hydrogen) atoms. The highest BCUT2D eigenvalue weighted by atomic mass is 16.5. The topological polar surface area (TPSA) is 43.4 Å². The second kappa shape index (κ2) is 14.3. The lowest BCUT2D eigenvalue weighted by Crippen LogP contribution is -2.33. The molecular weight excluding hydrogens is 444 g/mol. The number of carbonyl (C=O) groups excluding carboxylic acids is 2. The summed E-state index contributed by atoms with van der Waals surface area (Å²) < 4.78 is 5.69. The number of allylic oxidation sites excluding steroid dienone is 1. The van der Waals surface area contributed by atoms with E-state index in [-0.39, 0.29) is 29.5 Å². The minimum absolute atomic E-state index is 0.0961. The van der Waals surface area contributed by atoms with Gasteiger partial charge in [-0.1, -0.05) is 71.9 Å². The Morgan fingerprint density at radius 2 is 1.64 bits per heavy atom. The zero-order chi connectivity index (χ0) is 27.0. The van der Waals surface area contributed by atoms with Crippen LogP contribution >= 0.6 is 0 Å². The summed E-state index contributed by atoms with van der Waals surface area (Å²) in [5.41, 5.74) is 4.78. The molecule has 0 saturated heterocycles. The Hall–Kier alpha value is -1.74. The summed E-state index contributed by atoms with van der Waals surface area (Å²) in [7, 11) is 0. The lowest BCUT2D eigenvalue weighted by Gasteiger charge is -2.33. The van der Waals surface area contributed by atoms with E-state index in [9.17, 15) is 9.59 Å². The van der Waals surface area contributed by atoms with Crippen molar-refractivity contribution >= 4 is 11.6 Å². The summed E-state index contributed by atoms with van der Waals surface area (Å²) in [6, 6.07) is 6.60. The van der Waals surface area contributed by atoms with Gasteiger partial charge in [-0.3, -0.25) is 9.59 Å². The van der Waals surface area contributed by atoms with Gasteiger partial charge in [-0.15, -0.1) is 0 Å². The zero-order valence-corrected chi connectivity index (χ0v) is 24.4. The van der Waals surface area contributed by atoms with Crippen LogP contribution in [0.5, 0.6) is 0 Å². The van der Waals surface area contributed by atoms with Crippen LogP contribution in [0, 0.1) is 36.5 Å². The summed E-state index contributed by atoms with van der Waals surface area (Å²) in [6.07, 6.45) is 4.48. The van der Waals surface area contributed by atoms with Gasteiger partial charge in [-0.2, -0.15) is 0 Å². The van der Waals surface area contributed by atoms with Crippen molar-refractivity contribution in [1.29, 1.82) is 0 Å². The van der Waals surface area contributed by atoms with E-state index < -0.39 is 0 Å². The number of hydrogen-bond acceptors (Lipinski definition) is 3. The van der Waals surface area contributed by atoms with E-state index in [1.807, 2.05) is 6.92 Å². The number of rotatable bonds is 14. The predicted octanol–water partition coefficient (Wildman–Crippen LogP) is 8.45. The van der Waals surface area contributed by atoms with Gasteiger partial charge in [0.15, 0.2) is 0 Å². The molecule has 0 radical (unpaired) electrons. The van der Waals surface area contributed by atoms with Gasteiger partial charge in [0, 0.05) is 37.4 Å². The number of hydrogen-bond donors (Lipinski definition) is 0. The first kappa shape index (κ1) is 30.5. The van der Waals surface area contributed by atoms with E-state index in [0.717, 1.165) is 30.4 Å². The van der Waals surface area contributed by atoms with E-state index in [1.165, 1.54) is 11.1 Å². The number of carbonyl (C=O) groups is 2. The van der Waals surface area contributed by atoms with Crippen molar-refractivity contribution in [1.82, 2.24) is 0 Å². The fourth-order valence-corrected chi connectivity index (χ4v) is 6.10. The maximum Gasteiger partial charge on any atom is 0.143 e. The van der Waals surface area contributed by atoms with Gasteiger partial charge >= 0.3 is 0 Å². The molecule has 1 aliphatic carbocycles. The Balaban J connectivity index is 2.22. The number of ether oxygens (including phenoxy) is 1.